The van der Waals surface area contributed by atoms with Crippen LogP contribution in [0, 0.1) is 5.82 Å². The lowest BCUT2D eigenvalue weighted by atomic mass is 10.1. The molecule has 6 heteroatoms. The van der Waals surface area contributed by atoms with E-state index >= 15 is 0 Å². The first-order chi connectivity index (χ1) is 7.39. The van der Waals surface area contributed by atoms with E-state index in [9.17, 15) is 17.6 Å². The van der Waals surface area contributed by atoms with Crippen molar-refractivity contribution >= 4 is 26.8 Å². The second-order valence-electron chi connectivity index (χ2n) is 3.14. The van der Waals surface area contributed by atoms with Crippen LogP contribution in [0.15, 0.2) is 28.9 Å². The molecule has 0 atom stereocenters. The maximum absolute atomic E-state index is 13.4. The molecule has 0 aliphatic carbocycles. The summed E-state index contributed by atoms with van der Waals surface area (Å²) in [4.78, 5) is 3.69. The molecule has 0 bridgehead atoms. The molecule has 1 aromatic heterocycles. The van der Waals surface area contributed by atoms with Gasteiger partial charge in [0.05, 0.1) is 5.56 Å². The number of rotatable bonds is 0. The van der Waals surface area contributed by atoms with Crippen LogP contribution < -0.4 is 0 Å². The third-order valence-corrected chi connectivity index (χ3v) is 2.76. The van der Waals surface area contributed by atoms with Gasteiger partial charge < -0.3 is 0 Å². The molecular weight excluding hydrogens is 290 g/mol. The Morgan fingerprint density at radius 2 is 1.88 bits per heavy atom. The Balaban J connectivity index is 2.81. The molecule has 0 aliphatic rings. The van der Waals surface area contributed by atoms with Crippen molar-refractivity contribution in [3.8, 4) is 0 Å². The van der Waals surface area contributed by atoms with Gasteiger partial charge in [-0.05, 0) is 18.2 Å². The minimum Gasteiger partial charge on any atom is -0.253 e. The summed E-state index contributed by atoms with van der Waals surface area (Å²) >= 11 is 3.06. The average Bonchev–Trinajstić information content (AvgIpc) is 2.18. The maximum Gasteiger partial charge on any atom is 0.416 e. The smallest absolute Gasteiger partial charge is 0.253 e. The largest absolute Gasteiger partial charge is 0.416 e. The van der Waals surface area contributed by atoms with Gasteiger partial charge in [0.15, 0.2) is 0 Å². The van der Waals surface area contributed by atoms with Crippen LogP contribution in [0.25, 0.3) is 10.9 Å². The molecule has 0 amide bonds. The second kappa shape index (κ2) is 3.69. The summed E-state index contributed by atoms with van der Waals surface area (Å²) in [6.45, 7) is 0. The first kappa shape index (κ1) is 11.3. The minimum absolute atomic E-state index is 0.0811. The number of benzene rings is 1. The van der Waals surface area contributed by atoms with E-state index in [0.29, 0.717) is 10.5 Å². The number of aromatic nitrogens is 1. The fraction of sp³-hybridized carbons (Fsp3) is 0.100. The number of fused-ring (bicyclic) bond motifs is 1. The van der Waals surface area contributed by atoms with Crippen LogP contribution in [-0.2, 0) is 6.18 Å². The highest BCUT2D eigenvalue weighted by Crippen LogP contribution is 2.34. The SMILES string of the molecule is Fc1cc(C(F)(F)F)cc2c(Br)ccnc12. The molecule has 0 saturated carbocycles. The normalized spacial score (nSPS) is 12.1. The number of pyridine rings is 1. The van der Waals surface area contributed by atoms with Crippen LogP contribution in [0.4, 0.5) is 17.6 Å². The fourth-order valence-electron chi connectivity index (χ4n) is 1.34. The van der Waals surface area contributed by atoms with Gasteiger partial charge in [-0.25, -0.2) is 4.39 Å². The van der Waals surface area contributed by atoms with E-state index in [1.807, 2.05) is 0 Å². The summed E-state index contributed by atoms with van der Waals surface area (Å²) in [5.74, 6) is -0.980. The molecule has 16 heavy (non-hydrogen) atoms. The molecule has 1 nitrogen and oxygen atoms in total. The van der Waals surface area contributed by atoms with E-state index in [0.717, 1.165) is 6.07 Å². The Labute approximate surface area is 96.2 Å². The standard InChI is InChI=1S/C10H4BrF4N/c11-7-1-2-16-9-6(7)3-5(4-8(9)12)10(13,14)15/h1-4H. The van der Waals surface area contributed by atoms with Gasteiger partial charge in [-0.2, -0.15) is 13.2 Å². The van der Waals surface area contributed by atoms with Gasteiger partial charge >= 0.3 is 6.18 Å². The van der Waals surface area contributed by atoms with Crippen molar-refractivity contribution in [2.45, 2.75) is 6.18 Å². The van der Waals surface area contributed by atoms with E-state index in [2.05, 4.69) is 20.9 Å². The van der Waals surface area contributed by atoms with Crippen molar-refractivity contribution in [2.75, 3.05) is 0 Å². The lowest BCUT2D eigenvalue weighted by Gasteiger charge is -2.09. The minimum atomic E-state index is -4.57. The van der Waals surface area contributed by atoms with Crippen molar-refractivity contribution in [2.24, 2.45) is 0 Å². The topological polar surface area (TPSA) is 12.9 Å². The lowest BCUT2D eigenvalue weighted by Crippen LogP contribution is -2.05. The van der Waals surface area contributed by atoms with E-state index < -0.39 is 17.6 Å². The highest BCUT2D eigenvalue weighted by molar-refractivity contribution is 9.10. The number of alkyl halides is 3. The Morgan fingerprint density at radius 3 is 2.50 bits per heavy atom. The van der Waals surface area contributed by atoms with Crippen LogP contribution in [0.5, 0.6) is 0 Å². The summed E-state index contributed by atoms with van der Waals surface area (Å²) in [5, 5.41) is 0.106. The predicted molar refractivity (Wildman–Crippen MR) is 54.4 cm³/mol. The third-order valence-electron chi connectivity index (χ3n) is 2.07. The van der Waals surface area contributed by atoms with Gasteiger partial charge in [-0.15, -0.1) is 0 Å². The highest BCUT2D eigenvalue weighted by Gasteiger charge is 2.31. The second-order valence-corrected chi connectivity index (χ2v) is 4.00. The number of hydrogen-bond donors (Lipinski definition) is 0. The van der Waals surface area contributed by atoms with Crippen LogP contribution in [0.2, 0.25) is 0 Å². The molecule has 0 radical (unpaired) electrons. The average molecular weight is 294 g/mol. The monoisotopic (exact) mass is 293 g/mol. The maximum atomic E-state index is 13.4. The highest BCUT2D eigenvalue weighted by atomic mass is 79.9. The van der Waals surface area contributed by atoms with Crippen molar-refractivity contribution in [1.29, 1.82) is 0 Å². The van der Waals surface area contributed by atoms with E-state index in [4.69, 9.17) is 0 Å². The number of nitrogens with zero attached hydrogens (tertiary/aromatic N) is 1. The van der Waals surface area contributed by atoms with Gasteiger partial charge in [-0.1, -0.05) is 15.9 Å². The van der Waals surface area contributed by atoms with E-state index in [1.165, 1.54) is 12.3 Å². The van der Waals surface area contributed by atoms with Gasteiger partial charge in [-0.3, -0.25) is 4.98 Å². The Hall–Kier alpha value is -1.17. The van der Waals surface area contributed by atoms with Crippen molar-refractivity contribution < 1.29 is 17.6 Å². The summed E-state index contributed by atoms with van der Waals surface area (Å²) < 4.78 is 51.0. The van der Waals surface area contributed by atoms with E-state index in [1.54, 1.807) is 0 Å². The molecule has 2 rings (SSSR count). The van der Waals surface area contributed by atoms with Crippen molar-refractivity contribution in [1.82, 2.24) is 4.98 Å². The first-order valence-electron chi connectivity index (χ1n) is 4.20. The summed E-state index contributed by atoms with van der Waals surface area (Å²) in [5.41, 5.74) is -1.10. The molecule has 0 spiro atoms. The zero-order chi connectivity index (χ0) is 11.9. The molecular formula is C10H4BrF4N. The van der Waals surface area contributed by atoms with Gasteiger partial charge in [0.1, 0.15) is 11.3 Å². The van der Waals surface area contributed by atoms with E-state index in [-0.39, 0.29) is 10.9 Å². The Kier molecular flexibility index (Phi) is 2.61. The molecule has 0 unspecified atom stereocenters. The predicted octanol–water partition coefficient (Wildman–Crippen LogP) is 4.16. The zero-order valence-corrected chi connectivity index (χ0v) is 9.23. The van der Waals surface area contributed by atoms with Crippen molar-refractivity contribution in [3.05, 3.63) is 40.2 Å². The quantitative estimate of drug-likeness (QED) is 0.665. The first-order valence-corrected chi connectivity index (χ1v) is 5.00. The summed E-state index contributed by atoms with van der Waals surface area (Å²) in [6.07, 6.45) is -3.24. The third kappa shape index (κ3) is 1.89. The van der Waals surface area contributed by atoms with Crippen LogP contribution in [0.3, 0.4) is 0 Å². The van der Waals surface area contributed by atoms with Crippen LogP contribution in [0.1, 0.15) is 5.56 Å². The van der Waals surface area contributed by atoms with Crippen LogP contribution >= 0.6 is 15.9 Å². The number of hydrogen-bond acceptors (Lipinski definition) is 1. The summed E-state index contributed by atoms with van der Waals surface area (Å²) in [7, 11) is 0. The van der Waals surface area contributed by atoms with Gasteiger partial charge in [0, 0.05) is 16.1 Å². The molecule has 0 fully saturated rings. The molecule has 84 valence electrons. The molecule has 0 N–H and O–H groups in total. The van der Waals surface area contributed by atoms with Gasteiger partial charge in [0.2, 0.25) is 0 Å². The fourth-order valence-corrected chi connectivity index (χ4v) is 1.76. The number of halogens is 5. The molecule has 1 heterocycles. The van der Waals surface area contributed by atoms with Crippen LogP contribution in [-0.4, -0.2) is 4.98 Å². The van der Waals surface area contributed by atoms with Crippen molar-refractivity contribution in [3.63, 3.8) is 0 Å². The molecule has 2 aromatic rings. The lowest BCUT2D eigenvalue weighted by molar-refractivity contribution is -0.137. The molecule has 0 saturated heterocycles. The molecule has 0 aliphatic heterocycles. The van der Waals surface area contributed by atoms with Gasteiger partial charge in [0.25, 0.3) is 0 Å². The zero-order valence-electron chi connectivity index (χ0n) is 7.65. The summed E-state index contributed by atoms with van der Waals surface area (Å²) in [6, 6.07) is 2.78. The molecule has 1 aromatic carbocycles. The Morgan fingerprint density at radius 1 is 1.19 bits per heavy atom. The Bertz CT molecular complexity index is 550.